The summed E-state index contributed by atoms with van der Waals surface area (Å²) in [5.74, 6) is 1.17. The molecule has 8 nitrogen and oxygen atoms in total. The fourth-order valence-electron chi connectivity index (χ4n) is 3.09. The molecule has 0 aliphatic carbocycles. The SMILES string of the molecule is COc1ccnc(N2CCN(C(=O)N[C@H](C)Cc3cccc(C)n3)CC2)n1. The molecule has 2 amide bonds. The zero-order valence-corrected chi connectivity index (χ0v) is 16.1. The van der Waals surface area contributed by atoms with Crippen LogP contribution in [0.4, 0.5) is 10.7 Å². The van der Waals surface area contributed by atoms with Crippen molar-refractivity contribution in [2.45, 2.75) is 26.3 Å². The lowest BCUT2D eigenvalue weighted by atomic mass is 10.1. The summed E-state index contributed by atoms with van der Waals surface area (Å²) < 4.78 is 5.15. The molecule has 1 aliphatic rings. The number of nitrogens with zero attached hydrogens (tertiary/aromatic N) is 5. The molecule has 1 aliphatic heterocycles. The number of hydrogen-bond donors (Lipinski definition) is 1. The number of anilines is 1. The van der Waals surface area contributed by atoms with Crippen LogP contribution in [-0.4, -0.2) is 65.2 Å². The fourth-order valence-corrected chi connectivity index (χ4v) is 3.09. The maximum Gasteiger partial charge on any atom is 0.317 e. The van der Waals surface area contributed by atoms with Crippen LogP contribution in [0.2, 0.25) is 0 Å². The van der Waals surface area contributed by atoms with Gasteiger partial charge < -0.3 is 19.9 Å². The lowest BCUT2D eigenvalue weighted by Gasteiger charge is -2.35. The molecule has 0 saturated carbocycles. The van der Waals surface area contributed by atoms with E-state index in [-0.39, 0.29) is 12.1 Å². The number of ether oxygens (including phenoxy) is 1. The topological polar surface area (TPSA) is 83.5 Å². The van der Waals surface area contributed by atoms with Crippen molar-refractivity contribution in [3.05, 3.63) is 41.9 Å². The monoisotopic (exact) mass is 370 g/mol. The van der Waals surface area contributed by atoms with E-state index in [0.29, 0.717) is 44.4 Å². The van der Waals surface area contributed by atoms with Crippen LogP contribution in [0.15, 0.2) is 30.5 Å². The first-order chi connectivity index (χ1) is 13.0. The van der Waals surface area contributed by atoms with E-state index < -0.39 is 0 Å². The molecule has 0 radical (unpaired) electrons. The molecule has 0 spiro atoms. The van der Waals surface area contributed by atoms with Gasteiger partial charge in [-0.25, -0.2) is 9.78 Å². The van der Waals surface area contributed by atoms with Crippen LogP contribution in [0.25, 0.3) is 0 Å². The normalized spacial score (nSPS) is 15.4. The molecule has 144 valence electrons. The second kappa shape index (κ2) is 8.66. The molecule has 8 heteroatoms. The predicted molar refractivity (Wildman–Crippen MR) is 103 cm³/mol. The van der Waals surface area contributed by atoms with Crippen LogP contribution >= 0.6 is 0 Å². The van der Waals surface area contributed by atoms with Crippen molar-refractivity contribution in [3.63, 3.8) is 0 Å². The van der Waals surface area contributed by atoms with Gasteiger partial charge in [-0.15, -0.1) is 0 Å². The number of amides is 2. The van der Waals surface area contributed by atoms with E-state index in [2.05, 4.69) is 25.2 Å². The first kappa shape index (κ1) is 18.9. The summed E-state index contributed by atoms with van der Waals surface area (Å²) in [6, 6.07) is 7.65. The molecule has 2 aromatic rings. The number of piperazine rings is 1. The van der Waals surface area contributed by atoms with E-state index in [9.17, 15) is 4.79 Å². The van der Waals surface area contributed by atoms with Crippen molar-refractivity contribution in [1.82, 2.24) is 25.2 Å². The zero-order valence-electron chi connectivity index (χ0n) is 16.1. The molecule has 0 aromatic carbocycles. The van der Waals surface area contributed by atoms with Gasteiger partial charge >= 0.3 is 6.03 Å². The summed E-state index contributed by atoms with van der Waals surface area (Å²) in [5.41, 5.74) is 1.98. The first-order valence-corrected chi connectivity index (χ1v) is 9.15. The summed E-state index contributed by atoms with van der Waals surface area (Å²) >= 11 is 0. The van der Waals surface area contributed by atoms with Gasteiger partial charge in [-0.2, -0.15) is 4.98 Å². The number of carbonyl (C=O) groups excluding carboxylic acids is 1. The van der Waals surface area contributed by atoms with E-state index in [1.807, 2.05) is 36.9 Å². The highest BCUT2D eigenvalue weighted by atomic mass is 16.5. The minimum atomic E-state index is -0.0404. The predicted octanol–water partition coefficient (Wildman–Crippen LogP) is 1.65. The van der Waals surface area contributed by atoms with Crippen molar-refractivity contribution in [3.8, 4) is 5.88 Å². The second-order valence-electron chi connectivity index (χ2n) is 6.70. The summed E-state index contributed by atoms with van der Waals surface area (Å²) in [7, 11) is 1.59. The number of urea groups is 1. The minimum absolute atomic E-state index is 0.0200. The lowest BCUT2D eigenvalue weighted by Crippen LogP contribution is -2.53. The molecule has 3 rings (SSSR count). The molecule has 27 heavy (non-hydrogen) atoms. The number of methoxy groups -OCH3 is 1. The van der Waals surface area contributed by atoms with Crippen LogP contribution in [0.3, 0.4) is 0 Å². The Morgan fingerprint density at radius 2 is 2.00 bits per heavy atom. The van der Waals surface area contributed by atoms with Gasteiger partial charge in [-0.1, -0.05) is 6.07 Å². The molecule has 1 atom stereocenters. The molecular weight excluding hydrogens is 344 g/mol. The summed E-state index contributed by atoms with van der Waals surface area (Å²) in [6.45, 7) is 6.60. The van der Waals surface area contributed by atoms with E-state index in [1.165, 1.54) is 0 Å². The van der Waals surface area contributed by atoms with Crippen molar-refractivity contribution in [2.24, 2.45) is 0 Å². The lowest BCUT2D eigenvalue weighted by molar-refractivity contribution is 0.190. The molecule has 3 heterocycles. The van der Waals surface area contributed by atoms with Gasteiger partial charge in [0, 0.05) is 62.3 Å². The zero-order chi connectivity index (χ0) is 19.2. The number of pyridine rings is 1. The third-order valence-electron chi connectivity index (χ3n) is 4.51. The van der Waals surface area contributed by atoms with E-state index >= 15 is 0 Å². The number of aryl methyl sites for hydroxylation is 1. The first-order valence-electron chi connectivity index (χ1n) is 9.15. The number of nitrogens with one attached hydrogen (secondary N) is 1. The van der Waals surface area contributed by atoms with Gasteiger partial charge in [0.1, 0.15) is 0 Å². The number of rotatable bonds is 5. The molecular formula is C19H26N6O2. The molecule has 1 N–H and O–H groups in total. The van der Waals surface area contributed by atoms with Gasteiger partial charge in [0.25, 0.3) is 0 Å². The van der Waals surface area contributed by atoms with Crippen molar-refractivity contribution in [1.29, 1.82) is 0 Å². The fraction of sp³-hybridized carbons (Fsp3) is 0.474. The smallest absolute Gasteiger partial charge is 0.317 e. The average Bonchev–Trinajstić information content (AvgIpc) is 2.68. The van der Waals surface area contributed by atoms with Crippen LogP contribution < -0.4 is 15.0 Å². The van der Waals surface area contributed by atoms with Crippen LogP contribution in [0.5, 0.6) is 5.88 Å². The second-order valence-corrected chi connectivity index (χ2v) is 6.70. The Balaban J connectivity index is 1.49. The molecule has 2 aromatic heterocycles. The van der Waals surface area contributed by atoms with Crippen molar-refractivity contribution in [2.75, 3.05) is 38.2 Å². The Hall–Kier alpha value is -2.90. The highest BCUT2D eigenvalue weighted by Crippen LogP contribution is 2.14. The van der Waals surface area contributed by atoms with E-state index in [1.54, 1.807) is 19.4 Å². The largest absolute Gasteiger partial charge is 0.481 e. The molecule has 1 fully saturated rings. The van der Waals surface area contributed by atoms with E-state index in [4.69, 9.17) is 4.74 Å². The Bertz CT molecular complexity index is 776. The highest BCUT2D eigenvalue weighted by molar-refractivity contribution is 5.74. The number of carbonyl (C=O) groups is 1. The number of hydrogen-bond acceptors (Lipinski definition) is 6. The molecule has 0 unspecified atom stereocenters. The summed E-state index contributed by atoms with van der Waals surface area (Å²) in [4.78, 5) is 29.6. The third kappa shape index (κ3) is 5.06. The van der Waals surface area contributed by atoms with Crippen LogP contribution in [-0.2, 0) is 6.42 Å². The quantitative estimate of drug-likeness (QED) is 0.862. The van der Waals surface area contributed by atoms with Gasteiger partial charge in [0.05, 0.1) is 7.11 Å². The van der Waals surface area contributed by atoms with Gasteiger partial charge in [-0.3, -0.25) is 4.98 Å². The minimum Gasteiger partial charge on any atom is -0.481 e. The maximum atomic E-state index is 12.5. The van der Waals surface area contributed by atoms with Gasteiger partial charge in [0.15, 0.2) is 0 Å². The Morgan fingerprint density at radius 3 is 2.70 bits per heavy atom. The standard InChI is InChI=1S/C19H26N6O2/c1-14-5-4-6-16(21-14)13-15(2)22-19(26)25-11-9-24(10-12-25)18-20-8-7-17(23-18)27-3/h4-8,15H,9-13H2,1-3H3,(H,22,26)/t15-/m1/s1. The van der Waals surface area contributed by atoms with Crippen molar-refractivity contribution >= 4 is 12.0 Å². The van der Waals surface area contributed by atoms with Crippen molar-refractivity contribution < 1.29 is 9.53 Å². The molecule has 1 saturated heterocycles. The Kier molecular flexibility index (Phi) is 6.05. The maximum absolute atomic E-state index is 12.5. The van der Waals surface area contributed by atoms with E-state index in [0.717, 1.165) is 11.4 Å². The third-order valence-corrected chi connectivity index (χ3v) is 4.51. The van der Waals surface area contributed by atoms with Crippen LogP contribution in [0, 0.1) is 6.92 Å². The summed E-state index contributed by atoms with van der Waals surface area (Å²) in [6.07, 6.45) is 2.40. The molecule has 0 bridgehead atoms. The Labute approximate surface area is 159 Å². The Morgan fingerprint density at radius 1 is 1.22 bits per heavy atom. The van der Waals surface area contributed by atoms with Gasteiger partial charge in [-0.05, 0) is 26.0 Å². The highest BCUT2D eigenvalue weighted by Gasteiger charge is 2.23. The van der Waals surface area contributed by atoms with Crippen LogP contribution in [0.1, 0.15) is 18.3 Å². The summed E-state index contributed by atoms with van der Waals surface area (Å²) in [5, 5.41) is 3.07. The number of aromatic nitrogens is 3. The van der Waals surface area contributed by atoms with Gasteiger partial charge in [0.2, 0.25) is 11.8 Å². The average molecular weight is 370 g/mol.